The SMILES string of the molecule is C=CCN(Cc1cccs1)C(=O)c1ccc(NC(=O)c2cccs2)cc1. The molecule has 0 atom stereocenters. The molecule has 0 aliphatic heterocycles. The number of nitrogens with zero attached hydrogens (tertiary/aromatic N) is 1. The lowest BCUT2D eigenvalue weighted by Gasteiger charge is -2.20. The number of benzene rings is 1. The highest BCUT2D eigenvalue weighted by Gasteiger charge is 2.16. The Bertz CT molecular complexity index is 869. The normalized spacial score (nSPS) is 10.3. The van der Waals surface area contributed by atoms with Gasteiger partial charge in [-0.3, -0.25) is 9.59 Å². The van der Waals surface area contributed by atoms with E-state index < -0.39 is 0 Å². The number of anilines is 1. The third-order valence-corrected chi connectivity index (χ3v) is 5.43. The van der Waals surface area contributed by atoms with Crippen molar-refractivity contribution in [1.82, 2.24) is 4.90 Å². The molecule has 1 aromatic carbocycles. The monoisotopic (exact) mass is 382 g/mol. The minimum absolute atomic E-state index is 0.0607. The molecule has 0 spiro atoms. The number of amides is 2. The van der Waals surface area contributed by atoms with Crippen LogP contribution in [0, 0.1) is 0 Å². The molecule has 6 heteroatoms. The van der Waals surface area contributed by atoms with E-state index in [0.717, 1.165) is 4.88 Å². The van der Waals surface area contributed by atoms with Crippen LogP contribution in [0.3, 0.4) is 0 Å². The Morgan fingerprint density at radius 1 is 1.04 bits per heavy atom. The van der Waals surface area contributed by atoms with Crippen LogP contribution in [0.5, 0.6) is 0 Å². The highest BCUT2D eigenvalue weighted by Crippen LogP contribution is 2.17. The zero-order valence-corrected chi connectivity index (χ0v) is 15.7. The maximum Gasteiger partial charge on any atom is 0.265 e. The molecule has 2 heterocycles. The van der Waals surface area contributed by atoms with E-state index in [4.69, 9.17) is 0 Å². The summed E-state index contributed by atoms with van der Waals surface area (Å²) in [6.45, 7) is 4.77. The molecule has 0 aliphatic rings. The summed E-state index contributed by atoms with van der Waals surface area (Å²) >= 11 is 3.01. The van der Waals surface area contributed by atoms with Gasteiger partial charge in [0.05, 0.1) is 11.4 Å². The van der Waals surface area contributed by atoms with E-state index in [9.17, 15) is 9.59 Å². The van der Waals surface area contributed by atoms with Crippen molar-refractivity contribution in [2.24, 2.45) is 0 Å². The summed E-state index contributed by atoms with van der Waals surface area (Å²) in [6, 6.07) is 14.6. The van der Waals surface area contributed by atoms with Crippen LogP contribution >= 0.6 is 22.7 Å². The van der Waals surface area contributed by atoms with Gasteiger partial charge in [0, 0.05) is 22.7 Å². The van der Waals surface area contributed by atoms with Crippen molar-refractivity contribution in [3.8, 4) is 0 Å². The average Bonchev–Trinajstić information content (AvgIpc) is 3.35. The summed E-state index contributed by atoms with van der Waals surface area (Å²) in [5.74, 6) is -0.209. The van der Waals surface area contributed by atoms with Crippen molar-refractivity contribution in [2.45, 2.75) is 6.54 Å². The van der Waals surface area contributed by atoms with E-state index in [1.54, 1.807) is 52.6 Å². The van der Waals surface area contributed by atoms with E-state index in [-0.39, 0.29) is 11.8 Å². The van der Waals surface area contributed by atoms with Crippen LogP contribution in [0.4, 0.5) is 5.69 Å². The first-order valence-electron chi connectivity index (χ1n) is 8.05. The first-order chi connectivity index (χ1) is 12.7. The largest absolute Gasteiger partial charge is 0.330 e. The third-order valence-electron chi connectivity index (χ3n) is 3.70. The van der Waals surface area contributed by atoms with Crippen LogP contribution in [0.2, 0.25) is 0 Å². The van der Waals surface area contributed by atoms with Crippen molar-refractivity contribution in [3.63, 3.8) is 0 Å². The van der Waals surface area contributed by atoms with Gasteiger partial charge in [0.25, 0.3) is 11.8 Å². The van der Waals surface area contributed by atoms with Crippen molar-refractivity contribution < 1.29 is 9.59 Å². The van der Waals surface area contributed by atoms with E-state index in [1.165, 1.54) is 11.3 Å². The lowest BCUT2D eigenvalue weighted by atomic mass is 10.1. The fourth-order valence-electron chi connectivity index (χ4n) is 2.44. The third kappa shape index (κ3) is 4.47. The van der Waals surface area contributed by atoms with E-state index >= 15 is 0 Å². The molecule has 2 aromatic heterocycles. The number of carbonyl (C=O) groups excluding carboxylic acids is 2. The molecule has 0 bridgehead atoms. The molecule has 0 saturated carbocycles. The van der Waals surface area contributed by atoms with E-state index in [1.807, 2.05) is 29.0 Å². The van der Waals surface area contributed by atoms with Crippen molar-refractivity contribution in [3.05, 3.63) is 87.3 Å². The summed E-state index contributed by atoms with van der Waals surface area (Å²) in [4.78, 5) is 28.4. The smallest absolute Gasteiger partial charge is 0.265 e. The van der Waals surface area contributed by atoms with Crippen LogP contribution in [-0.4, -0.2) is 23.3 Å². The molecule has 3 rings (SSSR count). The molecule has 0 radical (unpaired) electrons. The van der Waals surface area contributed by atoms with E-state index in [0.29, 0.717) is 29.2 Å². The lowest BCUT2D eigenvalue weighted by Crippen LogP contribution is -2.30. The summed E-state index contributed by atoms with van der Waals surface area (Å²) in [5, 5.41) is 6.69. The summed E-state index contributed by atoms with van der Waals surface area (Å²) in [7, 11) is 0. The molecule has 4 nitrogen and oxygen atoms in total. The quantitative estimate of drug-likeness (QED) is 0.592. The maximum absolute atomic E-state index is 12.8. The van der Waals surface area contributed by atoms with Gasteiger partial charge in [0.2, 0.25) is 0 Å². The van der Waals surface area contributed by atoms with Gasteiger partial charge in [-0.05, 0) is 47.2 Å². The summed E-state index contributed by atoms with van der Waals surface area (Å²) < 4.78 is 0. The standard InChI is InChI=1S/C20H18N2O2S2/c1-2-11-22(14-17-5-3-12-25-17)20(24)15-7-9-16(10-8-15)21-19(23)18-6-4-13-26-18/h2-10,12-13H,1,11,14H2,(H,21,23). The molecule has 26 heavy (non-hydrogen) atoms. The number of hydrogen-bond acceptors (Lipinski definition) is 4. The molecule has 1 N–H and O–H groups in total. The number of carbonyl (C=O) groups is 2. The van der Waals surface area contributed by atoms with Gasteiger partial charge >= 0.3 is 0 Å². The maximum atomic E-state index is 12.8. The van der Waals surface area contributed by atoms with Gasteiger partial charge < -0.3 is 10.2 Å². The Labute approximate surface area is 160 Å². The molecule has 0 unspecified atom stereocenters. The summed E-state index contributed by atoms with van der Waals surface area (Å²) in [6.07, 6.45) is 1.72. The van der Waals surface area contributed by atoms with Gasteiger partial charge in [-0.2, -0.15) is 0 Å². The first-order valence-corrected chi connectivity index (χ1v) is 9.81. The zero-order valence-electron chi connectivity index (χ0n) is 14.1. The second-order valence-corrected chi connectivity index (χ2v) is 7.54. The summed E-state index contributed by atoms with van der Waals surface area (Å²) in [5.41, 5.74) is 1.24. The van der Waals surface area contributed by atoms with Crippen molar-refractivity contribution in [1.29, 1.82) is 0 Å². The Morgan fingerprint density at radius 3 is 2.38 bits per heavy atom. The molecular formula is C20H18N2O2S2. The van der Waals surface area contributed by atoms with Crippen LogP contribution in [0.1, 0.15) is 24.9 Å². The van der Waals surface area contributed by atoms with Gasteiger partial charge in [0.15, 0.2) is 0 Å². The lowest BCUT2D eigenvalue weighted by molar-refractivity contribution is 0.0764. The second-order valence-electron chi connectivity index (χ2n) is 5.56. The fraction of sp³-hybridized carbons (Fsp3) is 0.100. The topological polar surface area (TPSA) is 49.4 Å². The van der Waals surface area contributed by atoms with Crippen molar-refractivity contribution in [2.75, 3.05) is 11.9 Å². The Hall–Kier alpha value is -2.70. The van der Waals surface area contributed by atoms with Crippen LogP contribution < -0.4 is 5.32 Å². The van der Waals surface area contributed by atoms with Crippen LogP contribution in [0.15, 0.2) is 71.9 Å². The highest BCUT2D eigenvalue weighted by atomic mass is 32.1. The second kappa shape index (κ2) is 8.60. The molecule has 0 aliphatic carbocycles. The Morgan fingerprint density at radius 2 is 1.77 bits per heavy atom. The highest BCUT2D eigenvalue weighted by molar-refractivity contribution is 7.12. The molecule has 0 saturated heterocycles. The number of nitrogens with one attached hydrogen (secondary N) is 1. The van der Waals surface area contributed by atoms with Gasteiger partial charge in [-0.25, -0.2) is 0 Å². The number of thiophene rings is 2. The predicted octanol–water partition coefficient (Wildman–Crippen LogP) is 4.89. The fourth-order valence-corrected chi connectivity index (χ4v) is 3.78. The number of hydrogen-bond donors (Lipinski definition) is 1. The van der Waals surface area contributed by atoms with Gasteiger partial charge in [-0.15, -0.1) is 29.3 Å². The molecule has 2 amide bonds. The van der Waals surface area contributed by atoms with Crippen LogP contribution in [-0.2, 0) is 6.54 Å². The Kier molecular flexibility index (Phi) is 5.99. The molecular weight excluding hydrogens is 364 g/mol. The minimum Gasteiger partial charge on any atom is -0.330 e. The van der Waals surface area contributed by atoms with Gasteiger partial charge in [0.1, 0.15) is 0 Å². The van der Waals surface area contributed by atoms with Crippen molar-refractivity contribution >= 4 is 40.2 Å². The van der Waals surface area contributed by atoms with Gasteiger partial charge in [-0.1, -0.05) is 18.2 Å². The average molecular weight is 383 g/mol. The van der Waals surface area contributed by atoms with Crippen LogP contribution in [0.25, 0.3) is 0 Å². The minimum atomic E-state index is -0.148. The molecule has 0 fully saturated rings. The predicted molar refractivity (Wildman–Crippen MR) is 108 cm³/mol. The van der Waals surface area contributed by atoms with E-state index in [2.05, 4.69) is 11.9 Å². The molecule has 132 valence electrons. The zero-order chi connectivity index (χ0) is 18.4. The number of rotatable bonds is 7. The molecule has 3 aromatic rings. The Balaban J connectivity index is 1.68. The first kappa shape index (κ1) is 18.1.